The molecule has 7 heteroatoms. The van der Waals surface area contributed by atoms with Gasteiger partial charge in [0.1, 0.15) is 4.90 Å². The summed E-state index contributed by atoms with van der Waals surface area (Å²) < 4.78 is 27.5. The van der Waals surface area contributed by atoms with E-state index in [1.54, 1.807) is 30.0 Å². The van der Waals surface area contributed by atoms with Crippen molar-refractivity contribution in [3.8, 4) is 0 Å². The van der Waals surface area contributed by atoms with Crippen LogP contribution >= 0.6 is 11.8 Å². The van der Waals surface area contributed by atoms with E-state index >= 15 is 0 Å². The molecule has 4 N–H and O–H groups in total. The smallest absolute Gasteiger partial charge is 0.242 e. The zero-order chi connectivity index (χ0) is 13.5. The fraction of sp³-hybridized carbons (Fsp3) is 0.333. The SMILES string of the molecule is Nc1ccc2c(S(=O)(=O)NC3CCSC3)c[nH]c2c1. The quantitative estimate of drug-likeness (QED) is 0.750. The molecule has 2 heterocycles. The number of nitrogens with two attached hydrogens (primary N) is 1. The number of anilines is 1. The Morgan fingerprint density at radius 3 is 3.00 bits per heavy atom. The number of H-pyrrole nitrogens is 1. The third kappa shape index (κ3) is 2.45. The number of sulfonamides is 1. The summed E-state index contributed by atoms with van der Waals surface area (Å²) in [6.07, 6.45) is 2.41. The van der Waals surface area contributed by atoms with E-state index in [1.165, 1.54) is 6.20 Å². The standard InChI is InChI=1S/C12H15N3O2S2/c13-8-1-2-10-11(5-8)14-6-12(10)19(16,17)15-9-3-4-18-7-9/h1-2,5-6,9,14-15H,3-4,7,13H2. The molecule has 1 atom stereocenters. The number of nitrogen functional groups attached to an aromatic ring is 1. The van der Waals surface area contributed by atoms with Crippen LogP contribution in [0.2, 0.25) is 0 Å². The van der Waals surface area contributed by atoms with Gasteiger partial charge >= 0.3 is 0 Å². The van der Waals surface area contributed by atoms with Gasteiger partial charge in [-0.3, -0.25) is 0 Å². The van der Waals surface area contributed by atoms with Crippen molar-refractivity contribution in [3.63, 3.8) is 0 Å². The molecule has 102 valence electrons. The van der Waals surface area contributed by atoms with Crippen molar-refractivity contribution < 1.29 is 8.42 Å². The third-order valence-electron chi connectivity index (χ3n) is 3.21. The first-order valence-corrected chi connectivity index (χ1v) is 8.67. The first-order valence-electron chi connectivity index (χ1n) is 6.03. The van der Waals surface area contributed by atoms with E-state index in [4.69, 9.17) is 5.73 Å². The van der Waals surface area contributed by atoms with Gasteiger partial charge in [-0.05, 0) is 30.4 Å². The van der Waals surface area contributed by atoms with Gasteiger partial charge in [0, 0.05) is 34.6 Å². The van der Waals surface area contributed by atoms with Crippen molar-refractivity contribution in [1.29, 1.82) is 0 Å². The molecule has 1 aliphatic rings. The Labute approximate surface area is 116 Å². The molecule has 5 nitrogen and oxygen atoms in total. The zero-order valence-corrected chi connectivity index (χ0v) is 11.9. The summed E-state index contributed by atoms with van der Waals surface area (Å²) >= 11 is 1.77. The number of hydrogen-bond donors (Lipinski definition) is 3. The minimum Gasteiger partial charge on any atom is -0.399 e. The number of benzene rings is 1. The monoisotopic (exact) mass is 297 g/mol. The first-order chi connectivity index (χ1) is 9.06. The Morgan fingerprint density at radius 1 is 1.42 bits per heavy atom. The molecule has 1 fully saturated rings. The summed E-state index contributed by atoms with van der Waals surface area (Å²) in [6.45, 7) is 0. The lowest BCUT2D eigenvalue weighted by molar-refractivity contribution is 0.564. The summed E-state index contributed by atoms with van der Waals surface area (Å²) in [6, 6.07) is 5.22. The Bertz CT molecular complexity index is 703. The maximum absolute atomic E-state index is 12.4. The van der Waals surface area contributed by atoms with Crippen LogP contribution in [0.5, 0.6) is 0 Å². The lowest BCUT2D eigenvalue weighted by Gasteiger charge is -2.11. The predicted molar refractivity (Wildman–Crippen MR) is 78.8 cm³/mol. The van der Waals surface area contributed by atoms with E-state index in [9.17, 15) is 8.42 Å². The van der Waals surface area contributed by atoms with E-state index in [1.807, 2.05) is 0 Å². The van der Waals surface area contributed by atoms with Crippen LogP contribution in [0.15, 0.2) is 29.3 Å². The average Bonchev–Trinajstić information content (AvgIpc) is 2.96. The van der Waals surface area contributed by atoms with Crippen LogP contribution in [-0.4, -0.2) is 30.9 Å². The number of hydrogen-bond acceptors (Lipinski definition) is 4. The number of aromatic nitrogens is 1. The number of fused-ring (bicyclic) bond motifs is 1. The molecule has 0 aliphatic carbocycles. The molecule has 0 spiro atoms. The molecule has 3 rings (SSSR count). The summed E-state index contributed by atoms with van der Waals surface area (Å²) in [4.78, 5) is 3.25. The van der Waals surface area contributed by atoms with E-state index < -0.39 is 10.0 Å². The van der Waals surface area contributed by atoms with Gasteiger partial charge in [-0.1, -0.05) is 0 Å². The molecule has 1 aromatic heterocycles. The van der Waals surface area contributed by atoms with Gasteiger partial charge in [-0.15, -0.1) is 0 Å². The maximum atomic E-state index is 12.4. The average molecular weight is 297 g/mol. The van der Waals surface area contributed by atoms with Gasteiger partial charge in [0.25, 0.3) is 0 Å². The van der Waals surface area contributed by atoms with E-state index in [-0.39, 0.29) is 6.04 Å². The highest BCUT2D eigenvalue weighted by atomic mass is 32.2. The molecule has 19 heavy (non-hydrogen) atoms. The van der Waals surface area contributed by atoms with Gasteiger partial charge in [-0.25, -0.2) is 13.1 Å². The van der Waals surface area contributed by atoms with Crippen molar-refractivity contribution in [2.75, 3.05) is 17.2 Å². The first kappa shape index (κ1) is 12.8. The largest absolute Gasteiger partial charge is 0.399 e. The molecule has 2 aromatic rings. The molecule has 1 aromatic carbocycles. The second-order valence-electron chi connectivity index (χ2n) is 4.64. The maximum Gasteiger partial charge on any atom is 0.242 e. The van der Waals surface area contributed by atoms with Crippen molar-refractivity contribution in [2.24, 2.45) is 0 Å². The molecule has 0 saturated carbocycles. The van der Waals surface area contributed by atoms with Gasteiger partial charge in [0.15, 0.2) is 0 Å². The highest BCUT2D eigenvalue weighted by Gasteiger charge is 2.25. The van der Waals surface area contributed by atoms with Crippen LogP contribution < -0.4 is 10.5 Å². The van der Waals surface area contributed by atoms with Crippen LogP contribution in [-0.2, 0) is 10.0 Å². The van der Waals surface area contributed by atoms with Crippen LogP contribution in [0.1, 0.15) is 6.42 Å². The Hall–Kier alpha value is -1.18. The zero-order valence-electron chi connectivity index (χ0n) is 10.2. The Kier molecular flexibility index (Phi) is 3.20. The number of aromatic amines is 1. The second-order valence-corrected chi connectivity index (χ2v) is 7.47. The lowest BCUT2D eigenvalue weighted by atomic mass is 10.2. The Balaban J connectivity index is 1.98. The number of thioether (sulfide) groups is 1. The topological polar surface area (TPSA) is 88.0 Å². The van der Waals surface area contributed by atoms with E-state index in [2.05, 4.69) is 9.71 Å². The van der Waals surface area contributed by atoms with Crippen LogP contribution in [0.25, 0.3) is 10.9 Å². The third-order valence-corrected chi connectivity index (χ3v) is 5.93. The summed E-state index contributed by atoms with van der Waals surface area (Å²) in [5.41, 5.74) is 7.03. The van der Waals surface area contributed by atoms with Crippen LogP contribution in [0.4, 0.5) is 5.69 Å². The fourth-order valence-corrected chi connectivity index (χ4v) is 4.96. The molecular weight excluding hydrogens is 282 g/mol. The molecule has 1 saturated heterocycles. The minimum absolute atomic E-state index is 0.0359. The molecule has 0 amide bonds. The predicted octanol–water partition coefficient (Wildman–Crippen LogP) is 1.53. The fourth-order valence-electron chi connectivity index (χ4n) is 2.25. The normalized spacial score (nSPS) is 20.1. The van der Waals surface area contributed by atoms with Crippen molar-refractivity contribution in [3.05, 3.63) is 24.4 Å². The van der Waals surface area contributed by atoms with Crippen LogP contribution in [0, 0.1) is 0 Å². The van der Waals surface area contributed by atoms with E-state index in [0.29, 0.717) is 16.0 Å². The summed E-state index contributed by atoms with van der Waals surface area (Å²) in [7, 11) is -3.48. The molecule has 1 aliphatic heterocycles. The van der Waals surface area contributed by atoms with Gasteiger partial charge in [0.2, 0.25) is 10.0 Å². The summed E-state index contributed by atoms with van der Waals surface area (Å²) in [5, 5.41) is 0.673. The van der Waals surface area contributed by atoms with Crippen LogP contribution in [0.3, 0.4) is 0 Å². The lowest BCUT2D eigenvalue weighted by Crippen LogP contribution is -2.34. The number of rotatable bonds is 3. The highest BCUT2D eigenvalue weighted by Crippen LogP contribution is 2.26. The highest BCUT2D eigenvalue weighted by molar-refractivity contribution is 7.99. The summed E-state index contributed by atoms with van der Waals surface area (Å²) in [5.74, 6) is 1.85. The molecule has 1 unspecified atom stereocenters. The van der Waals surface area contributed by atoms with Gasteiger partial charge in [-0.2, -0.15) is 11.8 Å². The molecular formula is C12H15N3O2S2. The molecule has 0 radical (unpaired) electrons. The van der Waals surface area contributed by atoms with Crippen molar-refractivity contribution in [1.82, 2.24) is 9.71 Å². The van der Waals surface area contributed by atoms with E-state index in [0.717, 1.165) is 23.4 Å². The second kappa shape index (κ2) is 4.73. The molecule has 0 bridgehead atoms. The van der Waals surface area contributed by atoms with Gasteiger partial charge < -0.3 is 10.7 Å². The number of nitrogens with one attached hydrogen (secondary N) is 2. The van der Waals surface area contributed by atoms with Crippen molar-refractivity contribution >= 4 is 38.4 Å². The minimum atomic E-state index is -3.48. The van der Waals surface area contributed by atoms with Crippen molar-refractivity contribution in [2.45, 2.75) is 17.4 Å². The van der Waals surface area contributed by atoms with Gasteiger partial charge in [0.05, 0.1) is 0 Å². The Morgan fingerprint density at radius 2 is 2.26 bits per heavy atom.